The van der Waals surface area contributed by atoms with E-state index in [0.29, 0.717) is 24.3 Å². The lowest BCUT2D eigenvalue weighted by molar-refractivity contribution is 0.420. The van der Waals surface area contributed by atoms with E-state index < -0.39 is 0 Å². The molecule has 2 rings (SSSR count). The van der Waals surface area contributed by atoms with E-state index >= 15 is 0 Å². The van der Waals surface area contributed by atoms with Crippen molar-refractivity contribution in [3.8, 4) is 12.5 Å². The molecule has 2 aromatic rings. The molecule has 0 spiro atoms. The molecule has 1 aromatic heterocycles. The van der Waals surface area contributed by atoms with E-state index in [9.17, 15) is 4.39 Å². The Morgan fingerprint density at radius 3 is 2.32 bits per heavy atom. The summed E-state index contributed by atoms with van der Waals surface area (Å²) in [6.07, 6.45) is 18.1. The molecule has 0 aliphatic heterocycles. The Labute approximate surface area is 222 Å². The smallest absolute Gasteiger partial charge is 0.151 e. The maximum atomic E-state index is 14.0. The molecule has 0 unspecified atom stereocenters. The average molecular weight is 511 g/mol. The summed E-state index contributed by atoms with van der Waals surface area (Å²) in [6.45, 7) is 6.37. The van der Waals surface area contributed by atoms with E-state index in [2.05, 4.69) is 40.2 Å². The Morgan fingerprint density at radius 1 is 1.16 bits per heavy atom. The van der Waals surface area contributed by atoms with Gasteiger partial charge in [-0.2, -0.15) is 0 Å². The molecule has 202 valence electrons. The highest BCUT2D eigenvalue weighted by atomic mass is 19.1. The summed E-state index contributed by atoms with van der Waals surface area (Å²) < 4.78 is 14.0. The van der Waals surface area contributed by atoms with Crippen LogP contribution in [0.25, 0.3) is 0 Å². The van der Waals surface area contributed by atoms with Crippen molar-refractivity contribution in [2.45, 2.75) is 32.7 Å². The second kappa shape index (κ2) is 24.9. The van der Waals surface area contributed by atoms with Crippen LogP contribution in [0.2, 0.25) is 0 Å². The van der Waals surface area contributed by atoms with E-state index in [1.165, 1.54) is 25.7 Å². The van der Waals surface area contributed by atoms with Crippen LogP contribution in [-0.2, 0) is 13.0 Å². The van der Waals surface area contributed by atoms with E-state index in [-0.39, 0.29) is 12.4 Å². The van der Waals surface area contributed by atoms with Crippen LogP contribution in [0.1, 0.15) is 30.9 Å². The largest absolute Gasteiger partial charge is 0.405 e. The van der Waals surface area contributed by atoms with Gasteiger partial charge in [0, 0.05) is 38.4 Å². The summed E-state index contributed by atoms with van der Waals surface area (Å²) in [5.41, 5.74) is 16.3. The van der Waals surface area contributed by atoms with Gasteiger partial charge in [-0.15, -0.1) is 6.58 Å². The van der Waals surface area contributed by atoms with Gasteiger partial charge in [-0.3, -0.25) is 10.0 Å². The van der Waals surface area contributed by atoms with Gasteiger partial charge in [0.25, 0.3) is 0 Å². The minimum absolute atomic E-state index is 0.275. The normalized spacial score (nSPS) is 9.86. The van der Waals surface area contributed by atoms with Crippen LogP contribution in [0.4, 0.5) is 10.2 Å². The van der Waals surface area contributed by atoms with Gasteiger partial charge in [0.05, 0.1) is 12.9 Å². The number of nitrogens with zero attached hydrogens (tertiary/aromatic N) is 5. The van der Waals surface area contributed by atoms with E-state index in [0.717, 1.165) is 18.4 Å². The second-order valence-corrected chi connectivity index (χ2v) is 6.89. The molecular weight excluding hydrogens is 467 g/mol. The number of hydrogen-bond donors (Lipinski definition) is 3. The SMILES string of the molecule is C#CN(C)N(Cc1ccccc1F)c1ncccc1CCN=CN.C=CC/C=C/N.CCC=NC.CN. The van der Waals surface area contributed by atoms with Gasteiger partial charge in [-0.25, -0.2) is 14.4 Å². The lowest BCUT2D eigenvalue weighted by atomic mass is 10.1. The number of anilines is 1. The fourth-order valence-electron chi connectivity index (χ4n) is 2.66. The molecule has 37 heavy (non-hydrogen) atoms. The number of hydrogen-bond acceptors (Lipinski definition) is 7. The van der Waals surface area contributed by atoms with Gasteiger partial charge in [0.1, 0.15) is 5.82 Å². The molecule has 0 fully saturated rings. The van der Waals surface area contributed by atoms with Crippen LogP contribution in [0.15, 0.2) is 77.5 Å². The first-order valence-electron chi connectivity index (χ1n) is 11.8. The molecule has 0 amide bonds. The molecule has 0 bridgehead atoms. The van der Waals surface area contributed by atoms with Crippen molar-refractivity contribution < 1.29 is 4.39 Å². The lowest BCUT2D eigenvalue weighted by Gasteiger charge is -2.31. The van der Waals surface area contributed by atoms with Gasteiger partial charge < -0.3 is 22.2 Å². The van der Waals surface area contributed by atoms with E-state index in [1.807, 2.05) is 24.4 Å². The molecule has 0 atom stereocenters. The van der Waals surface area contributed by atoms with Crippen LogP contribution >= 0.6 is 0 Å². The number of terminal acetylenes is 1. The fraction of sp³-hybridized carbons (Fsp3) is 0.321. The van der Waals surface area contributed by atoms with E-state index in [4.69, 9.17) is 17.9 Å². The Bertz CT molecular complexity index is 967. The predicted molar refractivity (Wildman–Crippen MR) is 158 cm³/mol. The summed E-state index contributed by atoms with van der Waals surface area (Å²) in [5.74, 6) is 0.395. The number of aromatic nitrogens is 1. The minimum Gasteiger partial charge on any atom is -0.405 e. The molecule has 6 N–H and O–H groups in total. The van der Waals surface area contributed by atoms with Crippen molar-refractivity contribution in [1.82, 2.24) is 9.99 Å². The molecule has 0 aliphatic rings. The Balaban J connectivity index is 0. The second-order valence-electron chi connectivity index (χ2n) is 6.89. The maximum Gasteiger partial charge on any atom is 0.151 e. The molecule has 1 aromatic carbocycles. The van der Waals surface area contributed by atoms with Gasteiger partial charge in [0.2, 0.25) is 0 Å². The third kappa shape index (κ3) is 16.2. The highest BCUT2D eigenvalue weighted by molar-refractivity contribution is 5.56. The van der Waals surface area contributed by atoms with Crippen molar-refractivity contribution in [2.24, 2.45) is 27.2 Å². The Morgan fingerprint density at radius 2 is 1.84 bits per heavy atom. The van der Waals surface area contributed by atoms with Crippen molar-refractivity contribution >= 4 is 18.4 Å². The van der Waals surface area contributed by atoms with Crippen LogP contribution in [0.5, 0.6) is 0 Å². The number of hydrazine groups is 1. The summed E-state index contributed by atoms with van der Waals surface area (Å²) in [5, 5.41) is 3.32. The molecule has 9 heteroatoms. The van der Waals surface area contributed by atoms with Crippen LogP contribution < -0.4 is 22.2 Å². The number of pyridine rings is 1. The van der Waals surface area contributed by atoms with Gasteiger partial charge in [-0.05, 0) is 56.4 Å². The number of halogens is 1. The van der Waals surface area contributed by atoms with Crippen molar-refractivity contribution in [3.63, 3.8) is 0 Å². The van der Waals surface area contributed by atoms with E-state index in [1.54, 1.807) is 54.6 Å². The standard InChI is InChI=1S/C18H20FN5.C5H9N.C4H9N.CH5N/c1-3-23(2)24(13-16-7-4-5-9-17(16)19)18-15(8-6-11-22-18)10-12-21-14-20;1-2-3-4-5-6;1-3-4-5-2;1-2/h1,4-9,11,14H,10,12-13H2,2H3,(H2,20,21);2,4-5H,1,3,6H2;4H,3H2,1-2H3;2H2,1H3/b;5-4+;;. The average Bonchev–Trinajstić information content (AvgIpc) is 2.94. The molecule has 8 nitrogen and oxygen atoms in total. The number of benzene rings is 1. The molecule has 0 saturated carbocycles. The Kier molecular flexibility index (Phi) is 23.6. The van der Waals surface area contributed by atoms with Crippen molar-refractivity contribution in [1.29, 1.82) is 0 Å². The molecule has 0 aliphatic carbocycles. The first-order valence-corrected chi connectivity index (χ1v) is 11.8. The number of aliphatic imine (C=N–C) groups is 2. The molecule has 0 radical (unpaired) electrons. The first-order chi connectivity index (χ1) is 18.0. The van der Waals surface area contributed by atoms with Crippen molar-refractivity contribution in [3.05, 3.63) is 84.5 Å². The zero-order valence-corrected chi connectivity index (χ0v) is 22.6. The van der Waals surface area contributed by atoms with Crippen molar-refractivity contribution in [2.75, 3.05) is 32.7 Å². The zero-order chi connectivity index (χ0) is 28.3. The van der Waals surface area contributed by atoms with Gasteiger partial charge in [0.15, 0.2) is 5.82 Å². The van der Waals surface area contributed by atoms with Gasteiger partial charge in [-0.1, -0.05) is 49.8 Å². The molecular formula is C28H43FN8. The summed E-state index contributed by atoms with van der Waals surface area (Å²) in [6, 6.07) is 13.0. The molecule has 0 saturated heterocycles. The van der Waals surface area contributed by atoms with Crippen LogP contribution in [0.3, 0.4) is 0 Å². The number of rotatable bonds is 10. The summed E-state index contributed by atoms with van der Waals surface area (Å²) in [4.78, 5) is 12.2. The van der Waals surface area contributed by atoms with Crippen LogP contribution in [-0.4, -0.2) is 50.2 Å². The third-order valence-electron chi connectivity index (χ3n) is 4.36. The minimum atomic E-state index is -0.280. The highest BCUT2D eigenvalue weighted by Gasteiger charge is 2.17. The predicted octanol–water partition coefficient (Wildman–Crippen LogP) is 3.90. The zero-order valence-electron chi connectivity index (χ0n) is 22.6. The maximum absolute atomic E-state index is 14.0. The molecule has 1 heterocycles. The first kappa shape index (κ1) is 35.0. The topological polar surface area (TPSA) is 122 Å². The summed E-state index contributed by atoms with van der Waals surface area (Å²) in [7, 11) is 5.01. The number of allylic oxidation sites excluding steroid dienone is 2. The number of nitrogens with two attached hydrogens (primary N) is 3. The summed E-state index contributed by atoms with van der Waals surface area (Å²) >= 11 is 0. The fourth-order valence-corrected chi connectivity index (χ4v) is 2.66. The Hall–Kier alpha value is -4.16. The lowest BCUT2D eigenvalue weighted by Crippen LogP contribution is -2.37. The third-order valence-corrected chi connectivity index (χ3v) is 4.36. The quantitative estimate of drug-likeness (QED) is 0.111. The van der Waals surface area contributed by atoms with Gasteiger partial charge >= 0.3 is 0 Å². The van der Waals surface area contributed by atoms with Crippen LogP contribution in [0, 0.1) is 18.3 Å². The monoisotopic (exact) mass is 510 g/mol. The highest BCUT2D eigenvalue weighted by Crippen LogP contribution is 2.22.